The number of thiophene rings is 1. The van der Waals surface area contributed by atoms with Crippen LogP contribution in [0, 0.1) is 0 Å². The second kappa shape index (κ2) is 6.94. The Morgan fingerprint density at radius 3 is 2.74 bits per heavy atom. The van der Waals surface area contributed by atoms with Crippen molar-refractivity contribution < 1.29 is 17.6 Å². The SMILES string of the molecule is O=C(c1cc2ccccc2oc1=O)N1CCC(c2cccs2)S(=O)(=O)CC1. The monoisotopic (exact) mass is 403 g/mol. The van der Waals surface area contributed by atoms with Crippen molar-refractivity contribution >= 4 is 38.1 Å². The second-order valence-electron chi connectivity index (χ2n) is 6.44. The first-order valence-electron chi connectivity index (χ1n) is 8.53. The summed E-state index contributed by atoms with van der Waals surface area (Å²) in [4.78, 5) is 27.4. The lowest BCUT2D eigenvalue weighted by atomic mass is 10.1. The highest BCUT2D eigenvalue weighted by Gasteiger charge is 2.34. The molecule has 0 spiro atoms. The van der Waals surface area contributed by atoms with Crippen LogP contribution in [0.2, 0.25) is 0 Å². The van der Waals surface area contributed by atoms with E-state index in [0.29, 0.717) is 17.4 Å². The molecule has 1 saturated heterocycles. The van der Waals surface area contributed by atoms with Gasteiger partial charge in [-0.1, -0.05) is 24.3 Å². The molecule has 1 amide bonds. The van der Waals surface area contributed by atoms with E-state index >= 15 is 0 Å². The molecule has 140 valence electrons. The van der Waals surface area contributed by atoms with Crippen molar-refractivity contribution in [2.24, 2.45) is 0 Å². The van der Waals surface area contributed by atoms with Crippen molar-refractivity contribution in [1.82, 2.24) is 4.90 Å². The maximum Gasteiger partial charge on any atom is 0.349 e. The van der Waals surface area contributed by atoms with Gasteiger partial charge in [-0.05, 0) is 30.0 Å². The number of para-hydroxylation sites is 1. The summed E-state index contributed by atoms with van der Waals surface area (Å²) in [5.74, 6) is -0.614. The molecule has 0 bridgehead atoms. The van der Waals surface area contributed by atoms with E-state index in [1.54, 1.807) is 24.3 Å². The topological polar surface area (TPSA) is 84.7 Å². The Kier molecular flexibility index (Phi) is 4.61. The molecule has 1 aromatic carbocycles. The standard InChI is InChI=1S/C19H17NO5S2/c21-18(14-12-13-4-1-2-5-15(13)25-19(14)22)20-8-7-17(16-6-3-10-26-16)27(23,24)11-9-20/h1-6,10,12,17H,7-9,11H2. The molecule has 1 fully saturated rings. The fraction of sp³-hybridized carbons (Fsp3) is 0.263. The summed E-state index contributed by atoms with van der Waals surface area (Å²) in [5, 5.41) is 1.89. The zero-order valence-electron chi connectivity index (χ0n) is 14.3. The number of fused-ring (bicyclic) bond motifs is 1. The van der Waals surface area contributed by atoms with E-state index in [4.69, 9.17) is 4.42 Å². The van der Waals surface area contributed by atoms with Crippen LogP contribution in [0.3, 0.4) is 0 Å². The predicted molar refractivity (Wildman–Crippen MR) is 104 cm³/mol. The molecule has 0 saturated carbocycles. The van der Waals surface area contributed by atoms with Gasteiger partial charge in [0, 0.05) is 23.4 Å². The molecule has 1 aliphatic rings. The zero-order valence-corrected chi connectivity index (χ0v) is 16.0. The summed E-state index contributed by atoms with van der Waals surface area (Å²) in [6.07, 6.45) is 0.313. The van der Waals surface area contributed by atoms with Gasteiger partial charge in [0.15, 0.2) is 9.84 Å². The van der Waals surface area contributed by atoms with Crippen molar-refractivity contribution in [2.45, 2.75) is 11.7 Å². The maximum absolute atomic E-state index is 12.9. The van der Waals surface area contributed by atoms with E-state index in [1.165, 1.54) is 22.3 Å². The van der Waals surface area contributed by atoms with Crippen LogP contribution in [-0.2, 0) is 9.84 Å². The molecule has 0 radical (unpaired) electrons. The van der Waals surface area contributed by atoms with Gasteiger partial charge in [0.25, 0.3) is 5.91 Å². The van der Waals surface area contributed by atoms with E-state index in [9.17, 15) is 18.0 Å². The molecular weight excluding hydrogens is 386 g/mol. The van der Waals surface area contributed by atoms with Crippen LogP contribution in [0.15, 0.2) is 57.1 Å². The lowest BCUT2D eigenvalue weighted by Gasteiger charge is -2.19. The minimum Gasteiger partial charge on any atom is -0.422 e. The summed E-state index contributed by atoms with van der Waals surface area (Å²) in [5.41, 5.74) is -0.364. The molecule has 1 aliphatic heterocycles. The van der Waals surface area contributed by atoms with Gasteiger partial charge >= 0.3 is 5.63 Å². The van der Waals surface area contributed by atoms with Crippen molar-refractivity contribution in [1.29, 1.82) is 0 Å². The maximum atomic E-state index is 12.9. The van der Waals surface area contributed by atoms with Gasteiger partial charge in [-0.25, -0.2) is 13.2 Å². The fourth-order valence-electron chi connectivity index (χ4n) is 3.32. The highest BCUT2D eigenvalue weighted by atomic mass is 32.2. The molecule has 6 nitrogen and oxygen atoms in total. The number of rotatable bonds is 2. The van der Waals surface area contributed by atoms with Crippen LogP contribution in [0.1, 0.15) is 26.9 Å². The molecule has 3 heterocycles. The quantitative estimate of drug-likeness (QED) is 0.614. The minimum atomic E-state index is -3.36. The van der Waals surface area contributed by atoms with E-state index in [0.717, 1.165) is 4.88 Å². The third-order valence-electron chi connectivity index (χ3n) is 4.76. The Labute approximate surface area is 160 Å². The van der Waals surface area contributed by atoms with Gasteiger partial charge in [-0.3, -0.25) is 4.79 Å². The largest absolute Gasteiger partial charge is 0.422 e. The van der Waals surface area contributed by atoms with Crippen LogP contribution in [-0.4, -0.2) is 38.1 Å². The minimum absolute atomic E-state index is 0.0648. The second-order valence-corrected chi connectivity index (χ2v) is 9.72. The Bertz CT molecular complexity index is 1150. The van der Waals surface area contributed by atoms with Gasteiger partial charge in [0.05, 0.1) is 11.0 Å². The summed E-state index contributed by atoms with van der Waals surface area (Å²) in [6.45, 7) is 0.336. The van der Waals surface area contributed by atoms with Crippen molar-refractivity contribution in [3.63, 3.8) is 0 Å². The number of hydrogen-bond acceptors (Lipinski definition) is 6. The number of amides is 1. The Balaban J connectivity index is 1.64. The summed E-state index contributed by atoms with van der Waals surface area (Å²) in [7, 11) is -3.36. The van der Waals surface area contributed by atoms with Gasteiger partial charge in [0.1, 0.15) is 11.1 Å². The molecular formula is C19H17NO5S2. The Morgan fingerprint density at radius 1 is 1.15 bits per heavy atom. The highest BCUT2D eigenvalue weighted by molar-refractivity contribution is 7.91. The van der Waals surface area contributed by atoms with Crippen LogP contribution < -0.4 is 5.63 Å². The smallest absolute Gasteiger partial charge is 0.349 e. The zero-order chi connectivity index (χ0) is 19.0. The van der Waals surface area contributed by atoms with Crippen LogP contribution in [0.5, 0.6) is 0 Å². The average Bonchev–Trinajstić information content (AvgIpc) is 3.12. The molecule has 4 rings (SSSR count). The van der Waals surface area contributed by atoms with E-state index < -0.39 is 26.6 Å². The highest BCUT2D eigenvalue weighted by Crippen LogP contribution is 2.32. The van der Waals surface area contributed by atoms with Crippen molar-refractivity contribution in [2.75, 3.05) is 18.8 Å². The van der Waals surface area contributed by atoms with Crippen molar-refractivity contribution in [3.8, 4) is 0 Å². The third-order valence-corrected chi connectivity index (χ3v) is 8.00. The molecule has 0 N–H and O–H groups in total. The fourth-order valence-corrected chi connectivity index (χ4v) is 6.33. The van der Waals surface area contributed by atoms with Gasteiger partial charge in [-0.2, -0.15) is 0 Å². The third kappa shape index (κ3) is 3.42. The van der Waals surface area contributed by atoms with E-state index in [1.807, 2.05) is 17.5 Å². The molecule has 1 unspecified atom stereocenters. The number of hydrogen-bond donors (Lipinski definition) is 0. The van der Waals surface area contributed by atoms with Gasteiger partial charge in [0.2, 0.25) is 0 Å². The average molecular weight is 403 g/mol. The number of carbonyl (C=O) groups is 1. The van der Waals surface area contributed by atoms with Crippen LogP contribution in [0.4, 0.5) is 0 Å². The van der Waals surface area contributed by atoms with Crippen LogP contribution >= 0.6 is 11.3 Å². The number of carbonyl (C=O) groups excluding carboxylic acids is 1. The molecule has 0 aliphatic carbocycles. The number of sulfone groups is 1. The molecule has 3 aromatic rings. The first-order chi connectivity index (χ1) is 13.0. The van der Waals surface area contributed by atoms with E-state index in [-0.39, 0.29) is 24.4 Å². The predicted octanol–water partition coefficient (Wildman–Crippen LogP) is 2.86. The summed E-state index contributed by atoms with van der Waals surface area (Å²) in [6, 6.07) is 12.1. The Hall–Kier alpha value is -2.45. The van der Waals surface area contributed by atoms with Gasteiger partial charge < -0.3 is 9.32 Å². The molecule has 8 heteroatoms. The Morgan fingerprint density at radius 2 is 1.96 bits per heavy atom. The summed E-state index contributed by atoms with van der Waals surface area (Å²) >= 11 is 1.40. The van der Waals surface area contributed by atoms with E-state index in [2.05, 4.69) is 0 Å². The van der Waals surface area contributed by atoms with Gasteiger partial charge in [-0.15, -0.1) is 11.3 Å². The van der Waals surface area contributed by atoms with Crippen molar-refractivity contribution in [3.05, 3.63) is 68.7 Å². The van der Waals surface area contributed by atoms with Crippen LogP contribution in [0.25, 0.3) is 11.0 Å². The first-order valence-corrected chi connectivity index (χ1v) is 11.1. The molecule has 27 heavy (non-hydrogen) atoms. The molecule has 2 aromatic heterocycles. The number of benzene rings is 1. The molecule has 1 atom stereocenters. The normalized spacial score (nSPS) is 19.7. The lowest BCUT2D eigenvalue weighted by Crippen LogP contribution is -2.36. The number of nitrogens with zero attached hydrogens (tertiary/aromatic N) is 1. The first kappa shape index (κ1) is 17.9. The lowest BCUT2D eigenvalue weighted by molar-refractivity contribution is 0.0762. The summed E-state index contributed by atoms with van der Waals surface area (Å²) < 4.78 is 30.5.